The van der Waals surface area contributed by atoms with Gasteiger partial charge in [-0.3, -0.25) is 0 Å². The largest absolute Gasteiger partial charge is 0.485 e. The monoisotopic (exact) mass is 218 g/mol. The van der Waals surface area contributed by atoms with Crippen LogP contribution in [0.2, 0.25) is 0 Å². The molecule has 86 valence electrons. The predicted octanol–water partition coefficient (Wildman–Crippen LogP) is 3.42. The van der Waals surface area contributed by atoms with Crippen LogP contribution in [-0.4, -0.2) is 11.7 Å². The summed E-state index contributed by atoms with van der Waals surface area (Å²) in [5.74, 6) is 1.55. The predicted molar refractivity (Wildman–Crippen MR) is 62.9 cm³/mol. The average Bonchev–Trinajstić information content (AvgIpc) is 2.96. The zero-order chi connectivity index (χ0) is 11.5. The molecule has 1 aromatic rings. The molecular formula is C14H18O2. The summed E-state index contributed by atoms with van der Waals surface area (Å²) in [5, 5.41) is 0. The van der Waals surface area contributed by atoms with Crippen molar-refractivity contribution < 1.29 is 9.47 Å². The van der Waals surface area contributed by atoms with E-state index in [2.05, 4.69) is 45.9 Å². The van der Waals surface area contributed by atoms with E-state index in [0.29, 0.717) is 5.92 Å². The molecule has 1 aromatic carbocycles. The first-order valence-corrected chi connectivity index (χ1v) is 5.97. The summed E-state index contributed by atoms with van der Waals surface area (Å²) >= 11 is 0. The highest BCUT2D eigenvalue weighted by Crippen LogP contribution is 2.53. The molecule has 1 fully saturated rings. The first-order valence-electron chi connectivity index (χ1n) is 5.97. The number of hydrogen-bond donors (Lipinski definition) is 0. The minimum atomic E-state index is -0.187. The Morgan fingerprint density at radius 2 is 2.00 bits per heavy atom. The number of benzene rings is 1. The molecule has 0 saturated carbocycles. The maximum absolute atomic E-state index is 6.04. The van der Waals surface area contributed by atoms with Crippen molar-refractivity contribution in [3.05, 3.63) is 29.3 Å². The van der Waals surface area contributed by atoms with Gasteiger partial charge in [0.15, 0.2) is 0 Å². The first-order chi connectivity index (χ1) is 7.49. The highest BCUT2D eigenvalue weighted by atomic mass is 16.6. The summed E-state index contributed by atoms with van der Waals surface area (Å²) in [7, 11) is 0. The van der Waals surface area contributed by atoms with E-state index >= 15 is 0 Å². The van der Waals surface area contributed by atoms with Crippen molar-refractivity contribution in [2.24, 2.45) is 0 Å². The number of rotatable bonds is 1. The van der Waals surface area contributed by atoms with Crippen LogP contribution < -0.4 is 4.74 Å². The Kier molecular flexibility index (Phi) is 1.91. The van der Waals surface area contributed by atoms with Gasteiger partial charge in [0, 0.05) is 5.56 Å². The summed E-state index contributed by atoms with van der Waals surface area (Å²) in [4.78, 5) is 0. The lowest BCUT2D eigenvalue weighted by atomic mass is 9.92. The van der Waals surface area contributed by atoms with E-state index in [4.69, 9.17) is 9.47 Å². The van der Waals surface area contributed by atoms with Gasteiger partial charge >= 0.3 is 0 Å². The van der Waals surface area contributed by atoms with Crippen LogP contribution in [0.3, 0.4) is 0 Å². The van der Waals surface area contributed by atoms with Crippen molar-refractivity contribution in [3.8, 4) is 5.75 Å². The molecule has 0 bridgehead atoms. The molecule has 2 aliphatic heterocycles. The van der Waals surface area contributed by atoms with Crippen molar-refractivity contribution in [2.45, 2.75) is 51.4 Å². The Morgan fingerprint density at radius 3 is 2.69 bits per heavy atom. The molecule has 16 heavy (non-hydrogen) atoms. The molecule has 0 spiro atoms. The van der Waals surface area contributed by atoms with Gasteiger partial charge in [0.1, 0.15) is 23.6 Å². The Labute approximate surface area is 96.6 Å². The van der Waals surface area contributed by atoms with Gasteiger partial charge in [-0.05, 0) is 31.4 Å². The van der Waals surface area contributed by atoms with Gasteiger partial charge in [-0.15, -0.1) is 0 Å². The second kappa shape index (κ2) is 3.01. The summed E-state index contributed by atoms with van der Waals surface area (Å²) in [6.07, 6.45) is 0.505. The van der Waals surface area contributed by atoms with Crippen LogP contribution in [0.25, 0.3) is 0 Å². The van der Waals surface area contributed by atoms with Crippen LogP contribution in [0.1, 0.15) is 50.8 Å². The molecule has 0 radical (unpaired) electrons. The highest BCUT2D eigenvalue weighted by Gasteiger charge is 2.56. The van der Waals surface area contributed by atoms with E-state index in [0.717, 1.165) is 5.75 Å². The molecule has 3 rings (SSSR count). The van der Waals surface area contributed by atoms with Crippen molar-refractivity contribution >= 4 is 0 Å². The van der Waals surface area contributed by atoms with Crippen molar-refractivity contribution in [3.63, 3.8) is 0 Å². The molecule has 0 aliphatic carbocycles. The van der Waals surface area contributed by atoms with Crippen molar-refractivity contribution in [1.82, 2.24) is 0 Å². The Bertz CT molecular complexity index is 434. The topological polar surface area (TPSA) is 21.8 Å². The van der Waals surface area contributed by atoms with Crippen LogP contribution in [0, 0.1) is 0 Å². The number of hydrogen-bond acceptors (Lipinski definition) is 2. The minimum absolute atomic E-state index is 0.187. The van der Waals surface area contributed by atoms with Crippen LogP contribution in [0.4, 0.5) is 0 Å². The van der Waals surface area contributed by atoms with Gasteiger partial charge in [0.2, 0.25) is 0 Å². The van der Waals surface area contributed by atoms with Crippen LogP contribution >= 0.6 is 0 Å². The third-order valence-corrected chi connectivity index (χ3v) is 3.56. The fourth-order valence-corrected chi connectivity index (χ4v) is 2.45. The van der Waals surface area contributed by atoms with Gasteiger partial charge in [-0.2, -0.15) is 0 Å². The summed E-state index contributed by atoms with van der Waals surface area (Å²) in [6, 6.07) is 6.51. The maximum Gasteiger partial charge on any atom is 0.132 e. The van der Waals surface area contributed by atoms with Crippen LogP contribution in [-0.2, 0) is 4.74 Å². The molecule has 0 unspecified atom stereocenters. The highest BCUT2D eigenvalue weighted by molar-refractivity contribution is 5.45. The fourth-order valence-electron chi connectivity index (χ4n) is 2.45. The molecule has 2 nitrogen and oxygen atoms in total. The third-order valence-electron chi connectivity index (χ3n) is 3.56. The van der Waals surface area contributed by atoms with E-state index in [1.54, 1.807) is 0 Å². The zero-order valence-corrected chi connectivity index (χ0v) is 10.3. The smallest absolute Gasteiger partial charge is 0.132 e. The van der Waals surface area contributed by atoms with E-state index in [-0.39, 0.29) is 17.8 Å². The average molecular weight is 218 g/mol. The lowest BCUT2D eigenvalue weighted by Gasteiger charge is -2.30. The molecule has 2 heterocycles. The van der Waals surface area contributed by atoms with E-state index in [1.165, 1.54) is 11.1 Å². The van der Waals surface area contributed by atoms with Gasteiger partial charge in [-0.25, -0.2) is 0 Å². The van der Waals surface area contributed by atoms with Crippen LogP contribution in [0.15, 0.2) is 18.2 Å². The summed E-state index contributed by atoms with van der Waals surface area (Å²) < 4.78 is 11.7. The second-order valence-corrected chi connectivity index (χ2v) is 5.63. The first kappa shape index (κ1) is 10.2. The Balaban J connectivity index is 2.04. The molecular weight excluding hydrogens is 200 g/mol. The van der Waals surface area contributed by atoms with Crippen molar-refractivity contribution in [1.29, 1.82) is 0 Å². The normalized spacial score (nSPS) is 29.3. The van der Waals surface area contributed by atoms with E-state index in [9.17, 15) is 0 Å². The number of fused-ring (bicyclic) bond motifs is 3. The number of ether oxygens (including phenoxy) is 2. The SMILES string of the molecule is CC(C)c1ccc2c(c1)OC(C)(C)[C@@H]1O[C@@H]21. The molecule has 2 atom stereocenters. The van der Waals surface area contributed by atoms with E-state index < -0.39 is 0 Å². The van der Waals surface area contributed by atoms with Gasteiger partial charge in [-0.1, -0.05) is 26.0 Å². The zero-order valence-electron chi connectivity index (χ0n) is 10.3. The quantitative estimate of drug-likeness (QED) is 0.674. The minimum Gasteiger partial charge on any atom is -0.485 e. The lowest BCUT2D eigenvalue weighted by Crippen LogP contribution is -2.37. The maximum atomic E-state index is 6.04. The Morgan fingerprint density at radius 1 is 1.25 bits per heavy atom. The second-order valence-electron chi connectivity index (χ2n) is 5.63. The summed E-state index contributed by atoms with van der Waals surface area (Å²) in [5.41, 5.74) is 2.36. The lowest BCUT2D eigenvalue weighted by molar-refractivity contribution is 0.0724. The fraction of sp³-hybridized carbons (Fsp3) is 0.571. The molecule has 0 N–H and O–H groups in total. The molecule has 2 heteroatoms. The third kappa shape index (κ3) is 1.36. The molecule has 0 aromatic heterocycles. The van der Waals surface area contributed by atoms with Gasteiger partial charge in [0.25, 0.3) is 0 Å². The van der Waals surface area contributed by atoms with E-state index in [1.807, 2.05) is 0 Å². The number of epoxide rings is 1. The molecule has 1 saturated heterocycles. The van der Waals surface area contributed by atoms with Gasteiger partial charge < -0.3 is 9.47 Å². The van der Waals surface area contributed by atoms with Crippen molar-refractivity contribution in [2.75, 3.05) is 0 Å². The molecule has 2 aliphatic rings. The summed E-state index contributed by atoms with van der Waals surface area (Å²) in [6.45, 7) is 8.60. The standard InChI is InChI=1S/C14H18O2/c1-8(2)9-5-6-10-11(7-9)16-14(3,4)13-12(10)15-13/h5-8,12-13H,1-4H3/t12-,13+/m0/s1. The van der Waals surface area contributed by atoms with Gasteiger partial charge in [0.05, 0.1) is 0 Å². The molecule has 0 amide bonds. The Hall–Kier alpha value is -1.02. The van der Waals surface area contributed by atoms with Crippen LogP contribution in [0.5, 0.6) is 5.75 Å².